The number of carboxylic acids is 1. The van der Waals surface area contributed by atoms with Gasteiger partial charge in [-0.3, -0.25) is 4.79 Å². The van der Waals surface area contributed by atoms with Crippen molar-refractivity contribution in [3.63, 3.8) is 0 Å². The van der Waals surface area contributed by atoms with Gasteiger partial charge in [0.05, 0.1) is 19.8 Å². The van der Waals surface area contributed by atoms with Gasteiger partial charge in [-0.25, -0.2) is 9.18 Å². The lowest BCUT2D eigenvalue weighted by Gasteiger charge is -2.15. The first-order valence-corrected chi connectivity index (χ1v) is 8.44. The molecule has 0 radical (unpaired) electrons. The first kappa shape index (κ1) is 20.5. The van der Waals surface area contributed by atoms with Gasteiger partial charge in [-0.05, 0) is 23.8 Å². The van der Waals surface area contributed by atoms with Crippen LogP contribution in [0.15, 0.2) is 48.5 Å². The van der Waals surface area contributed by atoms with Crippen molar-refractivity contribution in [1.82, 2.24) is 5.32 Å². The minimum absolute atomic E-state index is 0.0112. The highest BCUT2D eigenvalue weighted by molar-refractivity contribution is 5.96. The second-order valence-corrected chi connectivity index (χ2v) is 5.91. The van der Waals surface area contributed by atoms with Gasteiger partial charge < -0.3 is 19.9 Å². The Hall–Kier alpha value is -2.77. The molecule has 0 fully saturated rings. The van der Waals surface area contributed by atoms with E-state index in [2.05, 4.69) is 5.32 Å². The van der Waals surface area contributed by atoms with Crippen LogP contribution in [-0.4, -0.2) is 43.3 Å². The highest BCUT2D eigenvalue weighted by atomic mass is 19.1. The Balaban J connectivity index is 2.05. The minimum Gasteiger partial charge on any atom is -0.480 e. The van der Waals surface area contributed by atoms with E-state index in [0.717, 1.165) is 11.6 Å². The lowest BCUT2D eigenvalue weighted by Crippen LogP contribution is -2.42. The number of rotatable bonds is 10. The summed E-state index contributed by atoms with van der Waals surface area (Å²) in [5, 5.41) is 11.9. The lowest BCUT2D eigenvalue weighted by molar-refractivity contribution is -0.139. The van der Waals surface area contributed by atoms with Crippen molar-refractivity contribution in [1.29, 1.82) is 0 Å². The lowest BCUT2D eigenvalue weighted by atomic mass is 10.0. The molecular formula is C20H22FNO5. The number of nitrogens with one attached hydrogen (secondary N) is 1. The molecule has 1 amide bonds. The molecule has 144 valence electrons. The maximum absolute atomic E-state index is 13.9. The molecular weight excluding hydrogens is 353 g/mol. The van der Waals surface area contributed by atoms with Crippen LogP contribution in [0.4, 0.5) is 4.39 Å². The average Bonchev–Trinajstić information content (AvgIpc) is 2.66. The van der Waals surface area contributed by atoms with Crippen molar-refractivity contribution in [3.8, 4) is 0 Å². The SMILES string of the molecule is COCCOCc1cc(C(=O)N[C@H](Cc2ccccc2)C(=O)O)ccc1F. The summed E-state index contributed by atoms with van der Waals surface area (Å²) in [4.78, 5) is 23.9. The van der Waals surface area contributed by atoms with E-state index in [0.29, 0.717) is 13.2 Å². The van der Waals surface area contributed by atoms with Crippen LogP contribution in [-0.2, 0) is 27.3 Å². The molecule has 0 bridgehead atoms. The van der Waals surface area contributed by atoms with Crippen LogP contribution >= 0.6 is 0 Å². The highest BCUT2D eigenvalue weighted by Crippen LogP contribution is 2.13. The normalized spacial score (nSPS) is 11.8. The van der Waals surface area contributed by atoms with E-state index in [-0.39, 0.29) is 24.2 Å². The number of carbonyl (C=O) groups is 2. The van der Waals surface area contributed by atoms with Gasteiger partial charge in [0, 0.05) is 24.7 Å². The molecule has 2 N–H and O–H groups in total. The van der Waals surface area contributed by atoms with Crippen molar-refractivity contribution in [3.05, 3.63) is 71.0 Å². The van der Waals surface area contributed by atoms with Crippen LogP contribution < -0.4 is 5.32 Å². The quantitative estimate of drug-likeness (QED) is 0.623. The maximum atomic E-state index is 13.9. The first-order valence-electron chi connectivity index (χ1n) is 8.44. The molecule has 0 spiro atoms. The van der Waals surface area contributed by atoms with Crippen molar-refractivity contribution in [2.75, 3.05) is 20.3 Å². The molecule has 0 aliphatic heterocycles. The zero-order valence-electron chi connectivity index (χ0n) is 15.0. The Morgan fingerprint density at radius 3 is 2.56 bits per heavy atom. The molecule has 27 heavy (non-hydrogen) atoms. The van der Waals surface area contributed by atoms with Crippen LogP contribution in [0.1, 0.15) is 21.5 Å². The molecule has 2 aromatic rings. The average molecular weight is 375 g/mol. The summed E-state index contributed by atoms with van der Waals surface area (Å²) in [7, 11) is 1.53. The maximum Gasteiger partial charge on any atom is 0.326 e. The highest BCUT2D eigenvalue weighted by Gasteiger charge is 2.21. The van der Waals surface area contributed by atoms with Crippen LogP contribution in [0.25, 0.3) is 0 Å². The number of benzene rings is 2. The zero-order chi connectivity index (χ0) is 19.6. The van der Waals surface area contributed by atoms with E-state index in [1.807, 2.05) is 6.07 Å². The number of ether oxygens (including phenoxy) is 2. The molecule has 0 unspecified atom stereocenters. The Morgan fingerprint density at radius 1 is 1.15 bits per heavy atom. The van der Waals surface area contributed by atoms with E-state index in [9.17, 15) is 19.1 Å². The van der Waals surface area contributed by atoms with Crippen molar-refractivity contribution in [2.24, 2.45) is 0 Å². The van der Waals surface area contributed by atoms with Crippen LogP contribution in [0.2, 0.25) is 0 Å². The second-order valence-electron chi connectivity index (χ2n) is 5.91. The Labute approximate surface area is 156 Å². The Morgan fingerprint density at radius 2 is 1.89 bits per heavy atom. The van der Waals surface area contributed by atoms with Crippen molar-refractivity contribution in [2.45, 2.75) is 19.1 Å². The van der Waals surface area contributed by atoms with Crippen molar-refractivity contribution >= 4 is 11.9 Å². The standard InChI is InChI=1S/C20H22FNO5/c1-26-9-10-27-13-16-12-15(7-8-17(16)21)19(23)22-18(20(24)25)11-14-5-3-2-4-6-14/h2-8,12,18H,9-11,13H2,1H3,(H,22,23)(H,24,25)/t18-/m1/s1. The number of carboxylic acid groups (broad SMARTS) is 1. The van der Waals surface area contributed by atoms with E-state index < -0.39 is 23.7 Å². The van der Waals surface area contributed by atoms with Crippen molar-refractivity contribution < 1.29 is 28.6 Å². The van der Waals surface area contributed by atoms with Crippen LogP contribution in [0.5, 0.6) is 0 Å². The van der Waals surface area contributed by atoms with Gasteiger partial charge in [0.2, 0.25) is 0 Å². The second kappa shape index (κ2) is 10.4. The van der Waals surface area contributed by atoms with Gasteiger partial charge in [0.25, 0.3) is 5.91 Å². The predicted molar refractivity (Wildman–Crippen MR) is 97.0 cm³/mol. The molecule has 0 saturated carbocycles. The molecule has 7 heteroatoms. The summed E-state index contributed by atoms with van der Waals surface area (Å²) in [6.07, 6.45) is 0.149. The fraction of sp³-hybridized carbons (Fsp3) is 0.300. The fourth-order valence-electron chi connectivity index (χ4n) is 2.44. The van der Waals surface area contributed by atoms with Gasteiger partial charge in [0.15, 0.2) is 0 Å². The van der Waals surface area contributed by atoms with Gasteiger partial charge in [-0.15, -0.1) is 0 Å². The Bertz CT molecular complexity index is 766. The topological polar surface area (TPSA) is 84.9 Å². The molecule has 0 saturated heterocycles. The molecule has 6 nitrogen and oxygen atoms in total. The number of methoxy groups -OCH3 is 1. The van der Waals surface area contributed by atoms with Crippen LogP contribution in [0, 0.1) is 5.82 Å². The number of hydrogen-bond acceptors (Lipinski definition) is 4. The monoisotopic (exact) mass is 375 g/mol. The molecule has 0 aromatic heterocycles. The third kappa shape index (κ3) is 6.47. The third-order valence-electron chi connectivity index (χ3n) is 3.88. The molecule has 2 rings (SSSR count). The molecule has 0 heterocycles. The van der Waals surface area contributed by atoms with Gasteiger partial charge in [-0.2, -0.15) is 0 Å². The van der Waals surface area contributed by atoms with E-state index >= 15 is 0 Å². The fourth-order valence-corrected chi connectivity index (χ4v) is 2.44. The number of halogens is 1. The number of amides is 1. The van der Waals surface area contributed by atoms with E-state index in [1.54, 1.807) is 24.3 Å². The number of aliphatic carboxylic acids is 1. The molecule has 0 aliphatic rings. The number of carbonyl (C=O) groups excluding carboxylic acids is 1. The third-order valence-corrected chi connectivity index (χ3v) is 3.88. The summed E-state index contributed by atoms with van der Waals surface area (Å²) in [6.45, 7) is 0.661. The summed E-state index contributed by atoms with van der Waals surface area (Å²) >= 11 is 0. The molecule has 0 aliphatic carbocycles. The number of hydrogen-bond donors (Lipinski definition) is 2. The zero-order valence-corrected chi connectivity index (χ0v) is 15.0. The first-order chi connectivity index (χ1) is 13.0. The predicted octanol–water partition coefficient (Wildman–Crippen LogP) is 2.41. The largest absolute Gasteiger partial charge is 0.480 e. The van der Waals surface area contributed by atoms with Gasteiger partial charge >= 0.3 is 5.97 Å². The smallest absolute Gasteiger partial charge is 0.326 e. The Kier molecular flexibility index (Phi) is 7.91. The molecule has 1 atom stereocenters. The van der Waals surface area contributed by atoms with Gasteiger partial charge in [0.1, 0.15) is 11.9 Å². The summed E-state index contributed by atoms with van der Waals surface area (Å²) in [6, 6.07) is 11.7. The van der Waals surface area contributed by atoms with E-state index in [1.165, 1.54) is 19.2 Å². The molecule has 2 aromatic carbocycles. The van der Waals surface area contributed by atoms with E-state index in [4.69, 9.17) is 9.47 Å². The summed E-state index contributed by atoms with van der Waals surface area (Å²) in [5.74, 6) is -2.23. The summed E-state index contributed by atoms with van der Waals surface area (Å²) < 4.78 is 24.0. The van der Waals surface area contributed by atoms with Gasteiger partial charge in [-0.1, -0.05) is 30.3 Å². The summed E-state index contributed by atoms with van der Waals surface area (Å²) in [5.41, 5.74) is 1.17. The van der Waals surface area contributed by atoms with Crippen LogP contribution in [0.3, 0.4) is 0 Å². The minimum atomic E-state index is -1.14.